The van der Waals surface area contributed by atoms with Gasteiger partial charge in [0.15, 0.2) is 11.5 Å². The molecule has 1 aromatic rings. The van der Waals surface area contributed by atoms with E-state index in [-0.39, 0.29) is 5.91 Å². The van der Waals surface area contributed by atoms with Gasteiger partial charge >= 0.3 is 0 Å². The van der Waals surface area contributed by atoms with Crippen LogP contribution in [0.5, 0.6) is 11.5 Å². The number of hydrogen-bond acceptors (Lipinski definition) is 4. The van der Waals surface area contributed by atoms with Gasteiger partial charge in [0, 0.05) is 19.1 Å². The summed E-state index contributed by atoms with van der Waals surface area (Å²) in [5.74, 6) is 1.54. The lowest BCUT2D eigenvalue weighted by Crippen LogP contribution is -2.44. The number of carbonyl (C=O) groups is 1. The van der Waals surface area contributed by atoms with Crippen molar-refractivity contribution in [2.45, 2.75) is 25.3 Å². The quantitative estimate of drug-likeness (QED) is 0.866. The molecule has 1 aliphatic rings. The highest BCUT2D eigenvalue weighted by Crippen LogP contribution is 2.25. The Hall–Kier alpha value is -1.75. The summed E-state index contributed by atoms with van der Waals surface area (Å²) in [6, 6.07) is 8.02. The minimum Gasteiger partial charge on any atom is -0.493 e. The van der Waals surface area contributed by atoms with Gasteiger partial charge in [-0.3, -0.25) is 4.79 Å². The SMILES string of the molecule is CNC1CCN(C(=O)CCOc2ccccc2OC)CC1. The number of rotatable bonds is 6. The lowest BCUT2D eigenvalue weighted by atomic mass is 10.1. The molecule has 5 nitrogen and oxygen atoms in total. The van der Waals surface area contributed by atoms with Crippen molar-refractivity contribution in [2.75, 3.05) is 33.9 Å². The normalized spacial score (nSPS) is 15.8. The lowest BCUT2D eigenvalue weighted by Gasteiger charge is -2.31. The molecule has 1 saturated heterocycles. The highest BCUT2D eigenvalue weighted by molar-refractivity contribution is 5.76. The van der Waals surface area contributed by atoms with Crippen molar-refractivity contribution in [1.82, 2.24) is 10.2 Å². The van der Waals surface area contributed by atoms with E-state index in [1.807, 2.05) is 36.2 Å². The summed E-state index contributed by atoms with van der Waals surface area (Å²) in [7, 11) is 3.59. The summed E-state index contributed by atoms with van der Waals surface area (Å²) in [5, 5.41) is 3.26. The Bertz CT molecular complexity index is 457. The maximum absolute atomic E-state index is 12.1. The molecule has 0 aromatic heterocycles. The number of ether oxygens (including phenoxy) is 2. The van der Waals surface area contributed by atoms with E-state index in [4.69, 9.17) is 9.47 Å². The van der Waals surface area contributed by atoms with Gasteiger partial charge in [-0.05, 0) is 32.0 Å². The zero-order valence-electron chi connectivity index (χ0n) is 12.8. The van der Waals surface area contributed by atoms with Crippen molar-refractivity contribution < 1.29 is 14.3 Å². The summed E-state index contributed by atoms with van der Waals surface area (Å²) in [5.41, 5.74) is 0. The van der Waals surface area contributed by atoms with Crippen LogP contribution in [-0.4, -0.2) is 50.7 Å². The van der Waals surface area contributed by atoms with Crippen LogP contribution in [-0.2, 0) is 4.79 Å². The monoisotopic (exact) mass is 292 g/mol. The van der Waals surface area contributed by atoms with Crippen LogP contribution in [0.4, 0.5) is 0 Å². The average Bonchev–Trinajstić information content (AvgIpc) is 2.55. The van der Waals surface area contributed by atoms with Gasteiger partial charge in [0.2, 0.25) is 5.91 Å². The molecule has 1 amide bonds. The third-order valence-corrected chi connectivity index (χ3v) is 3.90. The summed E-state index contributed by atoms with van der Waals surface area (Å²) >= 11 is 0. The molecule has 0 bridgehead atoms. The number of methoxy groups -OCH3 is 1. The molecular weight excluding hydrogens is 268 g/mol. The van der Waals surface area contributed by atoms with Crippen LogP contribution in [0.3, 0.4) is 0 Å². The van der Waals surface area contributed by atoms with Gasteiger partial charge in [-0.2, -0.15) is 0 Å². The number of nitrogens with zero attached hydrogens (tertiary/aromatic N) is 1. The van der Waals surface area contributed by atoms with Crippen LogP contribution in [0.25, 0.3) is 0 Å². The molecule has 1 fully saturated rings. The summed E-state index contributed by atoms with van der Waals surface area (Å²) in [6.07, 6.45) is 2.45. The number of piperidine rings is 1. The minimum absolute atomic E-state index is 0.166. The van der Waals surface area contributed by atoms with Crippen molar-refractivity contribution in [3.8, 4) is 11.5 Å². The van der Waals surface area contributed by atoms with Gasteiger partial charge in [0.25, 0.3) is 0 Å². The van der Waals surface area contributed by atoms with E-state index in [9.17, 15) is 4.79 Å². The molecule has 116 valence electrons. The van der Waals surface area contributed by atoms with E-state index in [1.165, 1.54) is 0 Å². The third-order valence-electron chi connectivity index (χ3n) is 3.90. The van der Waals surface area contributed by atoms with Crippen molar-refractivity contribution in [3.63, 3.8) is 0 Å². The standard InChI is InChI=1S/C16H24N2O3/c1-17-13-7-10-18(11-8-13)16(19)9-12-21-15-6-4-3-5-14(15)20-2/h3-6,13,17H,7-12H2,1-2H3. The smallest absolute Gasteiger partial charge is 0.225 e. The fourth-order valence-electron chi connectivity index (χ4n) is 2.56. The zero-order chi connectivity index (χ0) is 15.1. The zero-order valence-corrected chi connectivity index (χ0v) is 12.8. The molecule has 1 heterocycles. The Morgan fingerprint density at radius 2 is 1.95 bits per heavy atom. The second-order valence-corrected chi connectivity index (χ2v) is 5.19. The molecule has 21 heavy (non-hydrogen) atoms. The third kappa shape index (κ3) is 4.36. The first-order valence-corrected chi connectivity index (χ1v) is 7.45. The van der Waals surface area contributed by atoms with Crippen LogP contribution in [0.1, 0.15) is 19.3 Å². The van der Waals surface area contributed by atoms with Crippen LogP contribution in [0, 0.1) is 0 Å². The largest absolute Gasteiger partial charge is 0.493 e. The number of carbonyl (C=O) groups excluding carboxylic acids is 1. The maximum Gasteiger partial charge on any atom is 0.225 e. The van der Waals surface area contributed by atoms with Crippen molar-refractivity contribution in [3.05, 3.63) is 24.3 Å². The molecule has 1 N–H and O–H groups in total. The van der Waals surface area contributed by atoms with Crippen LogP contribution < -0.4 is 14.8 Å². The first-order valence-electron chi connectivity index (χ1n) is 7.45. The lowest BCUT2D eigenvalue weighted by molar-refractivity contribution is -0.132. The predicted molar refractivity (Wildman–Crippen MR) is 81.8 cm³/mol. The summed E-state index contributed by atoms with van der Waals surface area (Å²) in [6.45, 7) is 2.04. The first kappa shape index (κ1) is 15.6. The molecule has 1 aromatic carbocycles. The fraction of sp³-hybridized carbons (Fsp3) is 0.562. The molecule has 5 heteroatoms. The highest BCUT2D eigenvalue weighted by Gasteiger charge is 2.21. The number of para-hydroxylation sites is 2. The van der Waals surface area contributed by atoms with Crippen LogP contribution in [0.2, 0.25) is 0 Å². The number of benzene rings is 1. The Morgan fingerprint density at radius 3 is 2.57 bits per heavy atom. The summed E-state index contributed by atoms with van der Waals surface area (Å²) in [4.78, 5) is 14.1. The average molecular weight is 292 g/mol. The predicted octanol–water partition coefficient (Wildman–Crippen LogP) is 1.67. The van der Waals surface area contributed by atoms with E-state index in [1.54, 1.807) is 7.11 Å². The molecule has 0 spiro atoms. The maximum atomic E-state index is 12.1. The molecule has 0 saturated carbocycles. The van der Waals surface area contributed by atoms with Gasteiger partial charge in [-0.25, -0.2) is 0 Å². The number of amides is 1. The van der Waals surface area contributed by atoms with E-state index >= 15 is 0 Å². The van der Waals surface area contributed by atoms with Gasteiger partial charge in [-0.15, -0.1) is 0 Å². The number of nitrogens with one attached hydrogen (secondary N) is 1. The molecule has 0 unspecified atom stereocenters. The van der Waals surface area contributed by atoms with E-state index in [2.05, 4.69) is 5.32 Å². The van der Waals surface area contributed by atoms with E-state index in [0.717, 1.165) is 25.9 Å². The second-order valence-electron chi connectivity index (χ2n) is 5.19. The Labute approximate surface area is 126 Å². The van der Waals surface area contributed by atoms with Crippen LogP contribution in [0.15, 0.2) is 24.3 Å². The molecule has 0 radical (unpaired) electrons. The van der Waals surface area contributed by atoms with E-state index in [0.29, 0.717) is 30.6 Å². The second kappa shape index (κ2) is 7.88. The van der Waals surface area contributed by atoms with Gasteiger partial charge in [-0.1, -0.05) is 12.1 Å². The van der Waals surface area contributed by atoms with Gasteiger partial charge in [0.1, 0.15) is 0 Å². The minimum atomic E-state index is 0.166. The Balaban J connectivity index is 1.74. The van der Waals surface area contributed by atoms with Gasteiger partial charge in [0.05, 0.1) is 20.1 Å². The van der Waals surface area contributed by atoms with Crippen molar-refractivity contribution >= 4 is 5.91 Å². The summed E-state index contributed by atoms with van der Waals surface area (Å²) < 4.78 is 10.9. The molecule has 0 atom stereocenters. The number of hydrogen-bond donors (Lipinski definition) is 1. The molecule has 1 aliphatic heterocycles. The molecule has 0 aliphatic carbocycles. The topological polar surface area (TPSA) is 50.8 Å². The Kier molecular flexibility index (Phi) is 5.87. The first-order chi connectivity index (χ1) is 10.2. The molecule has 2 rings (SSSR count). The number of likely N-dealkylation sites (tertiary alicyclic amines) is 1. The Morgan fingerprint density at radius 1 is 1.29 bits per heavy atom. The van der Waals surface area contributed by atoms with Crippen molar-refractivity contribution in [2.24, 2.45) is 0 Å². The van der Waals surface area contributed by atoms with Crippen LogP contribution >= 0.6 is 0 Å². The van der Waals surface area contributed by atoms with Gasteiger partial charge < -0.3 is 19.7 Å². The van der Waals surface area contributed by atoms with E-state index < -0.39 is 0 Å². The molecular formula is C16H24N2O3. The van der Waals surface area contributed by atoms with Crippen molar-refractivity contribution in [1.29, 1.82) is 0 Å². The fourth-order valence-corrected chi connectivity index (χ4v) is 2.56. The highest BCUT2D eigenvalue weighted by atomic mass is 16.5.